The highest BCUT2D eigenvalue weighted by molar-refractivity contribution is 7.92. The highest BCUT2D eigenvalue weighted by Gasteiger charge is 2.44. The number of pyridine rings is 1. The number of aliphatic carboxylic acids is 1. The molecule has 3 rings (SSSR count). The van der Waals surface area contributed by atoms with Gasteiger partial charge in [0, 0.05) is 6.42 Å². The number of rotatable bonds is 8. The Morgan fingerprint density at radius 2 is 1.71 bits per heavy atom. The molecule has 0 amide bonds. The number of hydrogen-bond acceptors (Lipinski definition) is 6. The molecule has 1 aromatic heterocycles. The van der Waals surface area contributed by atoms with E-state index in [-0.39, 0.29) is 28.2 Å². The fourth-order valence-electron chi connectivity index (χ4n) is 3.53. The van der Waals surface area contributed by atoms with Crippen LogP contribution in [-0.4, -0.2) is 31.0 Å². The Morgan fingerprint density at radius 1 is 1.06 bits per heavy atom. The summed E-state index contributed by atoms with van der Waals surface area (Å²) in [4.78, 5) is 12.9. The summed E-state index contributed by atoms with van der Waals surface area (Å²) in [6, 6.07) is 16.7. The van der Waals surface area contributed by atoms with E-state index in [4.69, 9.17) is 10.8 Å². The number of halogens is 1. The smallest absolute Gasteiger partial charge is 0.322 e. The summed E-state index contributed by atoms with van der Waals surface area (Å²) >= 11 is 0. The van der Waals surface area contributed by atoms with E-state index in [1.165, 1.54) is 30.3 Å². The molecule has 0 spiro atoms. The number of hydrogen-bond donors (Lipinski definition) is 3. The van der Waals surface area contributed by atoms with Crippen LogP contribution in [0.3, 0.4) is 0 Å². The predicted octanol–water partition coefficient (Wildman–Crippen LogP) is 3.84. The second kappa shape index (κ2) is 9.52. The molecular formula is C25H28FN3O4S. The Hall–Kier alpha value is -3.30. The zero-order valence-electron chi connectivity index (χ0n) is 19.2. The lowest BCUT2D eigenvalue weighted by atomic mass is 9.86. The van der Waals surface area contributed by atoms with Crippen LogP contribution in [0.5, 0.6) is 0 Å². The fraction of sp³-hybridized carbons (Fsp3) is 0.280. The van der Waals surface area contributed by atoms with Gasteiger partial charge in [-0.05, 0) is 46.9 Å². The minimum atomic E-state index is -4.33. The molecule has 3 aromatic rings. The quantitative estimate of drug-likeness (QED) is 0.443. The first-order valence-electron chi connectivity index (χ1n) is 10.6. The third-order valence-corrected chi connectivity index (χ3v) is 7.66. The Morgan fingerprint density at radius 3 is 2.29 bits per heavy atom. The maximum absolute atomic E-state index is 13.9. The highest BCUT2D eigenvalue weighted by atomic mass is 32.2. The number of carbonyl (C=O) groups is 1. The third-order valence-electron chi connectivity index (χ3n) is 5.48. The van der Waals surface area contributed by atoms with Crippen molar-refractivity contribution in [3.63, 3.8) is 0 Å². The van der Waals surface area contributed by atoms with Crippen molar-refractivity contribution in [3.8, 4) is 0 Å². The van der Waals surface area contributed by atoms with Crippen molar-refractivity contribution in [2.24, 2.45) is 5.73 Å². The second-order valence-corrected chi connectivity index (χ2v) is 11.3. The Bertz CT molecular complexity index is 1290. The molecule has 0 aliphatic heterocycles. The summed E-state index contributed by atoms with van der Waals surface area (Å²) in [6.45, 7) is 5.81. The van der Waals surface area contributed by atoms with Crippen molar-refractivity contribution < 1.29 is 22.7 Å². The SMILES string of the molecule is CC(C)(C)c1ccc(CC(N)(c2cccc(NCC(=O)O)n2)S(=O)(=O)c2cccc(F)c2)cc1. The van der Waals surface area contributed by atoms with Gasteiger partial charge in [0.15, 0.2) is 4.87 Å². The summed E-state index contributed by atoms with van der Waals surface area (Å²) in [5.41, 5.74) is 8.29. The first-order chi connectivity index (χ1) is 15.8. The Balaban J connectivity index is 2.12. The van der Waals surface area contributed by atoms with Gasteiger partial charge < -0.3 is 16.2 Å². The van der Waals surface area contributed by atoms with Gasteiger partial charge in [-0.15, -0.1) is 0 Å². The summed E-state index contributed by atoms with van der Waals surface area (Å²) < 4.78 is 41.5. The van der Waals surface area contributed by atoms with Crippen LogP contribution < -0.4 is 11.1 Å². The van der Waals surface area contributed by atoms with E-state index in [2.05, 4.69) is 31.1 Å². The van der Waals surface area contributed by atoms with E-state index in [0.29, 0.717) is 5.56 Å². The molecule has 1 unspecified atom stereocenters. The summed E-state index contributed by atoms with van der Waals surface area (Å²) in [5.74, 6) is -1.65. The predicted molar refractivity (Wildman–Crippen MR) is 129 cm³/mol. The van der Waals surface area contributed by atoms with E-state index in [1.807, 2.05) is 24.3 Å². The second-order valence-electron chi connectivity index (χ2n) is 9.13. The lowest BCUT2D eigenvalue weighted by Gasteiger charge is -2.30. The lowest BCUT2D eigenvalue weighted by Crippen LogP contribution is -2.47. The molecule has 34 heavy (non-hydrogen) atoms. The number of carboxylic acid groups (broad SMARTS) is 1. The van der Waals surface area contributed by atoms with E-state index in [9.17, 15) is 17.6 Å². The molecule has 0 saturated heterocycles. The van der Waals surface area contributed by atoms with Gasteiger partial charge in [-0.25, -0.2) is 17.8 Å². The van der Waals surface area contributed by atoms with Gasteiger partial charge in [-0.3, -0.25) is 4.79 Å². The van der Waals surface area contributed by atoms with Crippen LogP contribution in [0.4, 0.5) is 10.2 Å². The summed E-state index contributed by atoms with van der Waals surface area (Å²) in [7, 11) is -4.33. The molecule has 0 radical (unpaired) electrons. The van der Waals surface area contributed by atoms with Gasteiger partial charge in [-0.1, -0.05) is 57.2 Å². The third kappa shape index (κ3) is 5.43. The average Bonchev–Trinajstić information content (AvgIpc) is 2.77. The topological polar surface area (TPSA) is 122 Å². The van der Waals surface area contributed by atoms with Crippen molar-refractivity contribution >= 4 is 21.6 Å². The van der Waals surface area contributed by atoms with Gasteiger partial charge >= 0.3 is 5.97 Å². The van der Waals surface area contributed by atoms with Crippen molar-refractivity contribution in [2.75, 3.05) is 11.9 Å². The molecular weight excluding hydrogens is 457 g/mol. The average molecular weight is 486 g/mol. The molecule has 1 heterocycles. The molecule has 2 aromatic carbocycles. The summed E-state index contributed by atoms with van der Waals surface area (Å²) in [6.07, 6.45) is -0.133. The Kier molecular flexibility index (Phi) is 7.09. The maximum atomic E-state index is 13.9. The standard InChI is InChI=1S/C25H28FN3O4S/c1-24(2,3)18-12-10-17(11-13-18)15-25(27,34(32,33)20-7-4-6-19(26)14-20)21-8-5-9-22(29-21)28-16-23(30)31/h4-14H,15-16,27H2,1-3H3,(H,28,29)(H,30,31). The molecule has 1 atom stereocenters. The van der Waals surface area contributed by atoms with Gasteiger partial charge in [0.25, 0.3) is 0 Å². The van der Waals surface area contributed by atoms with E-state index >= 15 is 0 Å². The molecule has 9 heteroatoms. The molecule has 0 aliphatic carbocycles. The number of nitrogens with zero attached hydrogens (tertiary/aromatic N) is 1. The van der Waals surface area contributed by atoms with E-state index in [1.54, 1.807) is 0 Å². The van der Waals surface area contributed by atoms with Crippen LogP contribution in [0.2, 0.25) is 0 Å². The molecule has 0 bridgehead atoms. The molecule has 180 valence electrons. The first kappa shape index (κ1) is 25.3. The van der Waals surface area contributed by atoms with Gasteiger partial charge in [0.05, 0.1) is 10.6 Å². The summed E-state index contributed by atoms with van der Waals surface area (Å²) in [5, 5.41) is 11.6. The largest absolute Gasteiger partial charge is 0.480 e. The molecule has 7 nitrogen and oxygen atoms in total. The van der Waals surface area contributed by atoms with Crippen molar-refractivity contribution in [1.29, 1.82) is 0 Å². The molecule has 4 N–H and O–H groups in total. The van der Waals surface area contributed by atoms with Crippen LogP contribution >= 0.6 is 0 Å². The monoisotopic (exact) mass is 485 g/mol. The van der Waals surface area contributed by atoms with E-state index in [0.717, 1.165) is 17.7 Å². The highest BCUT2D eigenvalue weighted by Crippen LogP contribution is 2.35. The van der Waals surface area contributed by atoms with Crippen LogP contribution in [0.15, 0.2) is 71.6 Å². The normalized spacial score (nSPS) is 13.8. The van der Waals surface area contributed by atoms with Gasteiger partial charge in [-0.2, -0.15) is 0 Å². The van der Waals surface area contributed by atoms with Crippen molar-refractivity contribution in [3.05, 3.63) is 89.4 Å². The number of aromatic nitrogens is 1. The number of carboxylic acids is 1. The van der Waals surface area contributed by atoms with E-state index < -0.39 is 33.0 Å². The molecule has 0 aliphatic rings. The maximum Gasteiger partial charge on any atom is 0.322 e. The van der Waals surface area contributed by atoms with Crippen LogP contribution in [0, 0.1) is 5.82 Å². The van der Waals surface area contributed by atoms with Crippen LogP contribution in [0.25, 0.3) is 0 Å². The van der Waals surface area contributed by atoms with Gasteiger partial charge in [0.2, 0.25) is 9.84 Å². The number of nitrogens with two attached hydrogens (primary N) is 1. The Labute approximate surface area is 198 Å². The lowest BCUT2D eigenvalue weighted by molar-refractivity contribution is -0.134. The molecule has 0 saturated carbocycles. The number of sulfone groups is 1. The minimum Gasteiger partial charge on any atom is -0.480 e. The molecule has 0 fully saturated rings. The van der Waals surface area contributed by atoms with Crippen molar-refractivity contribution in [2.45, 2.75) is 42.4 Å². The van der Waals surface area contributed by atoms with Gasteiger partial charge in [0.1, 0.15) is 18.2 Å². The van der Waals surface area contributed by atoms with Crippen LogP contribution in [0.1, 0.15) is 37.6 Å². The minimum absolute atomic E-state index is 0.00653. The van der Waals surface area contributed by atoms with Crippen LogP contribution in [-0.2, 0) is 31.3 Å². The number of benzene rings is 2. The fourth-order valence-corrected chi connectivity index (χ4v) is 5.22. The number of anilines is 1. The number of nitrogens with one attached hydrogen (secondary N) is 1. The zero-order valence-corrected chi connectivity index (χ0v) is 20.1. The zero-order chi connectivity index (χ0) is 25.1. The van der Waals surface area contributed by atoms with Crippen molar-refractivity contribution in [1.82, 2.24) is 4.98 Å². The first-order valence-corrected chi connectivity index (χ1v) is 12.1.